The van der Waals surface area contributed by atoms with E-state index in [1.54, 1.807) is 25.2 Å². The Balaban J connectivity index is 1.88. The number of aromatic nitrogens is 2. The average molecular weight is 303 g/mol. The predicted molar refractivity (Wildman–Crippen MR) is 79.5 cm³/mol. The van der Waals surface area contributed by atoms with Crippen LogP contribution in [-0.2, 0) is 23.2 Å². The molecule has 2 N–H and O–H groups in total. The van der Waals surface area contributed by atoms with Gasteiger partial charge in [0.25, 0.3) is 0 Å². The number of nitrogens with zero attached hydrogens (tertiary/aromatic N) is 2. The summed E-state index contributed by atoms with van der Waals surface area (Å²) in [7, 11) is 1.64. The highest BCUT2D eigenvalue weighted by atomic mass is 16.4. The molecule has 1 aliphatic rings. The van der Waals surface area contributed by atoms with Crippen LogP contribution in [0.25, 0.3) is 11.0 Å². The molecule has 1 aromatic heterocycles. The molecule has 1 saturated carbocycles. The van der Waals surface area contributed by atoms with Gasteiger partial charge in [-0.2, -0.15) is 0 Å². The number of aliphatic carboxylic acids is 1. The molecular weight excluding hydrogens is 286 g/mol. The molecule has 116 valence electrons. The number of carbonyl (C=O) groups is 2. The summed E-state index contributed by atoms with van der Waals surface area (Å²) < 4.78 is 2.83. The smallest absolute Gasteiger partial charge is 0.329 e. The largest absolute Gasteiger partial charge is 0.480 e. The monoisotopic (exact) mass is 303 g/mol. The van der Waals surface area contributed by atoms with Crippen LogP contribution in [-0.4, -0.2) is 31.7 Å². The van der Waals surface area contributed by atoms with Crippen LogP contribution in [0, 0.1) is 0 Å². The Morgan fingerprint density at radius 2 is 1.91 bits per heavy atom. The number of hydrogen-bond acceptors (Lipinski definition) is 3. The Morgan fingerprint density at radius 1 is 1.27 bits per heavy atom. The minimum Gasteiger partial charge on any atom is -0.480 e. The summed E-state index contributed by atoms with van der Waals surface area (Å²) in [6.07, 6.45) is 1.64. The van der Waals surface area contributed by atoms with Crippen LogP contribution in [0.5, 0.6) is 0 Å². The van der Waals surface area contributed by atoms with E-state index in [-0.39, 0.29) is 12.2 Å². The van der Waals surface area contributed by atoms with Crippen molar-refractivity contribution in [3.8, 4) is 0 Å². The Hall–Kier alpha value is -2.57. The summed E-state index contributed by atoms with van der Waals surface area (Å²) in [4.78, 5) is 35.7. The number of nitrogens with one attached hydrogen (secondary N) is 1. The van der Waals surface area contributed by atoms with Gasteiger partial charge < -0.3 is 10.4 Å². The van der Waals surface area contributed by atoms with Gasteiger partial charge in [-0.05, 0) is 31.4 Å². The topological polar surface area (TPSA) is 93.3 Å². The number of rotatable bonds is 4. The van der Waals surface area contributed by atoms with Crippen LogP contribution < -0.4 is 11.0 Å². The van der Waals surface area contributed by atoms with Crippen molar-refractivity contribution >= 4 is 22.9 Å². The van der Waals surface area contributed by atoms with E-state index in [1.807, 2.05) is 6.07 Å². The van der Waals surface area contributed by atoms with Crippen molar-refractivity contribution in [1.29, 1.82) is 0 Å². The number of benzene rings is 1. The zero-order chi connectivity index (χ0) is 15.9. The molecule has 7 heteroatoms. The van der Waals surface area contributed by atoms with E-state index in [1.165, 1.54) is 9.13 Å². The van der Waals surface area contributed by atoms with Crippen LogP contribution >= 0.6 is 0 Å². The van der Waals surface area contributed by atoms with Crippen LogP contribution in [0.1, 0.15) is 19.3 Å². The maximum atomic E-state index is 12.2. The maximum absolute atomic E-state index is 12.2. The molecule has 0 saturated heterocycles. The predicted octanol–water partition coefficient (Wildman–Crippen LogP) is 0.464. The van der Waals surface area contributed by atoms with Gasteiger partial charge in [0.05, 0.1) is 11.0 Å². The first-order chi connectivity index (χ1) is 10.4. The number of hydrogen-bond donors (Lipinski definition) is 2. The third-order valence-corrected chi connectivity index (χ3v) is 4.35. The fourth-order valence-corrected chi connectivity index (χ4v) is 2.89. The lowest BCUT2D eigenvalue weighted by Crippen LogP contribution is -2.59. The second-order valence-electron chi connectivity index (χ2n) is 5.71. The van der Waals surface area contributed by atoms with E-state index < -0.39 is 17.4 Å². The van der Waals surface area contributed by atoms with Gasteiger partial charge in [-0.1, -0.05) is 12.1 Å². The van der Waals surface area contributed by atoms with E-state index in [0.717, 1.165) is 11.9 Å². The van der Waals surface area contributed by atoms with Gasteiger partial charge in [0.1, 0.15) is 12.1 Å². The molecule has 7 nitrogen and oxygen atoms in total. The SMILES string of the molecule is Cn1c(=O)n(CC(=O)NC2(C(=O)O)CCC2)c2ccccc21. The van der Waals surface area contributed by atoms with Crippen molar-refractivity contribution in [1.82, 2.24) is 14.5 Å². The number of fused-ring (bicyclic) bond motifs is 1. The summed E-state index contributed by atoms with van der Waals surface area (Å²) in [5, 5.41) is 11.8. The van der Waals surface area contributed by atoms with Crippen LogP contribution in [0.2, 0.25) is 0 Å². The van der Waals surface area contributed by atoms with Gasteiger partial charge in [0, 0.05) is 7.05 Å². The van der Waals surface area contributed by atoms with E-state index in [9.17, 15) is 19.5 Å². The minimum atomic E-state index is -1.16. The van der Waals surface area contributed by atoms with Crippen molar-refractivity contribution < 1.29 is 14.7 Å². The second-order valence-corrected chi connectivity index (χ2v) is 5.71. The first kappa shape index (κ1) is 14.4. The summed E-state index contributed by atoms with van der Waals surface area (Å²) in [5.74, 6) is -1.47. The maximum Gasteiger partial charge on any atom is 0.329 e. The minimum absolute atomic E-state index is 0.185. The zero-order valence-electron chi connectivity index (χ0n) is 12.2. The highest BCUT2D eigenvalue weighted by molar-refractivity contribution is 5.88. The Kier molecular flexibility index (Phi) is 3.27. The molecule has 0 bridgehead atoms. The molecule has 0 aliphatic heterocycles. The normalized spacial score (nSPS) is 16.2. The molecule has 22 heavy (non-hydrogen) atoms. The van der Waals surface area contributed by atoms with Crippen LogP contribution in [0.4, 0.5) is 0 Å². The molecule has 3 rings (SSSR count). The fraction of sp³-hybridized carbons (Fsp3) is 0.400. The third kappa shape index (κ3) is 2.09. The molecular formula is C15H17N3O4. The molecule has 0 atom stereocenters. The van der Waals surface area contributed by atoms with E-state index in [2.05, 4.69) is 5.32 Å². The standard InChI is InChI=1S/C15H17N3O4/c1-17-10-5-2-3-6-11(10)18(14(17)22)9-12(19)16-15(13(20)21)7-4-8-15/h2-3,5-6H,4,7-9H2,1H3,(H,16,19)(H,20,21). The van der Waals surface area contributed by atoms with E-state index >= 15 is 0 Å². The van der Waals surface area contributed by atoms with Gasteiger partial charge in [-0.25, -0.2) is 9.59 Å². The Morgan fingerprint density at radius 3 is 2.45 bits per heavy atom. The number of carboxylic acid groups (broad SMARTS) is 1. The number of carboxylic acids is 1. The number of para-hydroxylation sites is 2. The summed E-state index contributed by atoms with van der Waals surface area (Å²) in [6.45, 7) is -0.185. The summed E-state index contributed by atoms with van der Waals surface area (Å²) in [6, 6.07) is 7.18. The number of amides is 1. The van der Waals surface area contributed by atoms with Gasteiger partial charge in [0.2, 0.25) is 5.91 Å². The third-order valence-electron chi connectivity index (χ3n) is 4.35. The summed E-state index contributed by atoms with van der Waals surface area (Å²) >= 11 is 0. The lowest BCUT2D eigenvalue weighted by molar-refractivity contribution is -0.151. The first-order valence-corrected chi connectivity index (χ1v) is 7.13. The highest BCUT2D eigenvalue weighted by Crippen LogP contribution is 2.32. The molecule has 0 spiro atoms. The van der Waals surface area contributed by atoms with Crippen molar-refractivity contribution in [3.63, 3.8) is 0 Å². The molecule has 1 aliphatic carbocycles. The van der Waals surface area contributed by atoms with Crippen molar-refractivity contribution in [2.45, 2.75) is 31.3 Å². The van der Waals surface area contributed by atoms with Crippen molar-refractivity contribution in [2.24, 2.45) is 7.05 Å². The lowest BCUT2D eigenvalue weighted by Gasteiger charge is -2.38. The molecule has 0 radical (unpaired) electrons. The molecule has 0 unspecified atom stereocenters. The Labute approximate surface area is 126 Å². The van der Waals surface area contributed by atoms with Gasteiger partial charge in [0.15, 0.2) is 0 Å². The van der Waals surface area contributed by atoms with Crippen LogP contribution in [0.3, 0.4) is 0 Å². The molecule has 1 fully saturated rings. The number of imidazole rings is 1. The fourth-order valence-electron chi connectivity index (χ4n) is 2.89. The molecule has 2 aromatic rings. The van der Waals surface area contributed by atoms with Gasteiger partial charge >= 0.3 is 11.7 Å². The van der Waals surface area contributed by atoms with Crippen LogP contribution in [0.15, 0.2) is 29.1 Å². The van der Waals surface area contributed by atoms with Gasteiger partial charge in [-0.3, -0.25) is 13.9 Å². The molecule has 1 amide bonds. The first-order valence-electron chi connectivity index (χ1n) is 7.13. The number of carbonyl (C=O) groups excluding carboxylic acids is 1. The molecule has 1 heterocycles. The van der Waals surface area contributed by atoms with Gasteiger partial charge in [-0.15, -0.1) is 0 Å². The van der Waals surface area contributed by atoms with E-state index in [0.29, 0.717) is 18.4 Å². The second kappa shape index (κ2) is 5.01. The average Bonchev–Trinajstić information content (AvgIpc) is 2.68. The van der Waals surface area contributed by atoms with Crippen molar-refractivity contribution in [2.75, 3.05) is 0 Å². The lowest BCUT2D eigenvalue weighted by atomic mass is 9.77. The quantitative estimate of drug-likeness (QED) is 0.858. The molecule has 1 aromatic carbocycles. The van der Waals surface area contributed by atoms with E-state index in [4.69, 9.17) is 0 Å². The van der Waals surface area contributed by atoms with Crippen molar-refractivity contribution in [3.05, 3.63) is 34.7 Å². The Bertz CT molecular complexity index is 814. The summed E-state index contributed by atoms with van der Waals surface area (Å²) in [5.41, 5.74) is -0.0694. The number of aryl methyl sites for hydroxylation is 1. The highest BCUT2D eigenvalue weighted by Gasteiger charge is 2.45. The zero-order valence-corrected chi connectivity index (χ0v) is 12.2.